The Bertz CT molecular complexity index is 1030. The number of anilines is 1. The van der Waals surface area contributed by atoms with Gasteiger partial charge >= 0.3 is 5.97 Å². The lowest BCUT2D eigenvalue weighted by Gasteiger charge is -2.42. The molecule has 0 radical (unpaired) electrons. The van der Waals surface area contributed by atoms with E-state index in [1.54, 1.807) is 29.9 Å². The summed E-state index contributed by atoms with van der Waals surface area (Å²) in [4.78, 5) is 48.9. The minimum Gasteiger partial charge on any atom is -0.476 e. The molecule has 2 N–H and O–H groups in total. The summed E-state index contributed by atoms with van der Waals surface area (Å²) < 4.78 is 6.08. The number of benzene rings is 1. The van der Waals surface area contributed by atoms with E-state index < -0.39 is 11.0 Å². The fourth-order valence-corrected chi connectivity index (χ4v) is 4.94. The Morgan fingerprint density at radius 3 is 2.51 bits per heavy atom. The van der Waals surface area contributed by atoms with Crippen molar-refractivity contribution in [2.45, 2.75) is 92.3 Å². The van der Waals surface area contributed by atoms with Gasteiger partial charge < -0.3 is 25.1 Å². The third kappa shape index (κ3) is 6.09. The molecule has 9 heteroatoms. The summed E-state index contributed by atoms with van der Waals surface area (Å²) in [7, 11) is 0. The lowest BCUT2D eigenvalue weighted by atomic mass is 9.96. The molecule has 0 saturated carbocycles. The molecule has 1 aromatic carbocycles. The normalized spacial score (nSPS) is 19.9. The Kier molecular flexibility index (Phi) is 8.59. The Balaban J connectivity index is 1.96. The monoisotopic (exact) mass is 516 g/mol. The molecule has 0 bridgehead atoms. The van der Waals surface area contributed by atoms with Gasteiger partial charge in [0.25, 0.3) is 11.8 Å². The number of hydrogen-bond acceptors (Lipinski definition) is 7. The molecule has 206 valence electrons. The Labute approximate surface area is 221 Å². The van der Waals surface area contributed by atoms with Crippen LogP contribution in [-0.4, -0.2) is 71.6 Å². The largest absolute Gasteiger partial charge is 0.476 e. The van der Waals surface area contributed by atoms with Gasteiger partial charge in [0.05, 0.1) is 17.6 Å². The van der Waals surface area contributed by atoms with Crippen LogP contribution in [0.5, 0.6) is 5.75 Å². The second kappa shape index (κ2) is 11.0. The van der Waals surface area contributed by atoms with E-state index in [4.69, 9.17) is 15.3 Å². The van der Waals surface area contributed by atoms with Crippen LogP contribution in [0.15, 0.2) is 12.1 Å². The number of aryl methyl sites for hydroxylation is 1. The predicted octanol–water partition coefficient (Wildman–Crippen LogP) is 3.53. The highest BCUT2D eigenvalue weighted by molar-refractivity contribution is 6.05. The molecule has 0 aromatic heterocycles. The molecule has 9 nitrogen and oxygen atoms in total. The van der Waals surface area contributed by atoms with Crippen molar-refractivity contribution in [3.63, 3.8) is 0 Å². The molecule has 0 spiro atoms. The van der Waals surface area contributed by atoms with Gasteiger partial charge in [-0.15, -0.1) is 5.06 Å². The molecule has 1 aromatic rings. The van der Waals surface area contributed by atoms with E-state index in [0.717, 1.165) is 18.4 Å². The van der Waals surface area contributed by atoms with Gasteiger partial charge in [-0.25, -0.2) is 4.79 Å². The molecule has 2 amide bonds. The van der Waals surface area contributed by atoms with Gasteiger partial charge in [0.1, 0.15) is 5.75 Å². The van der Waals surface area contributed by atoms with Crippen LogP contribution in [0.3, 0.4) is 0 Å². The second-order valence-electron chi connectivity index (χ2n) is 11.8. The summed E-state index contributed by atoms with van der Waals surface area (Å²) in [5.74, 6) is 0.0117. The number of nitrogens with zero attached hydrogens (tertiary/aromatic N) is 3. The summed E-state index contributed by atoms with van der Waals surface area (Å²) in [5.41, 5.74) is 6.19. The number of hydrogen-bond donors (Lipinski definition) is 1. The zero-order chi connectivity index (χ0) is 27.7. The minimum absolute atomic E-state index is 0.0755. The zero-order valence-corrected chi connectivity index (χ0v) is 23.7. The third-order valence-corrected chi connectivity index (χ3v) is 6.93. The molecule has 37 heavy (non-hydrogen) atoms. The quantitative estimate of drug-likeness (QED) is 0.591. The zero-order valence-electron chi connectivity index (χ0n) is 23.7. The molecule has 0 aliphatic carbocycles. The number of piperidine rings is 1. The van der Waals surface area contributed by atoms with Crippen LogP contribution >= 0.6 is 0 Å². The summed E-state index contributed by atoms with van der Waals surface area (Å²) in [5, 5.41) is 1.69. The lowest BCUT2D eigenvalue weighted by Crippen LogP contribution is -2.54. The van der Waals surface area contributed by atoms with Crippen molar-refractivity contribution in [3.8, 4) is 5.75 Å². The van der Waals surface area contributed by atoms with Crippen LogP contribution in [0, 0.1) is 5.41 Å². The fourth-order valence-electron chi connectivity index (χ4n) is 4.94. The van der Waals surface area contributed by atoms with Crippen LogP contribution in [0.4, 0.5) is 5.69 Å². The molecular weight excluding hydrogens is 472 g/mol. The maximum absolute atomic E-state index is 14.1. The Hall–Kier alpha value is -2.65. The first-order chi connectivity index (χ1) is 17.2. The maximum Gasteiger partial charge on any atom is 0.330 e. The number of carbonyl (C=O) groups is 3. The Morgan fingerprint density at radius 1 is 1.27 bits per heavy atom. The van der Waals surface area contributed by atoms with E-state index in [1.807, 2.05) is 52.5 Å². The van der Waals surface area contributed by atoms with Crippen molar-refractivity contribution in [1.82, 2.24) is 9.96 Å². The molecule has 1 fully saturated rings. The second-order valence-corrected chi connectivity index (χ2v) is 11.8. The number of rotatable bonds is 7. The summed E-state index contributed by atoms with van der Waals surface area (Å²) in [6.45, 7) is 16.7. The van der Waals surface area contributed by atoms with E-state index in [1.165, 1.54) is 0 Å². The average molecular weight is 517 g/mol. The minimum atomic E-state index is -1.02. The van der Waals surface area contributed by atoms with Gasteiger partial charge in [-0.05, 0) is 85.4 Å². The highest BCUT2D eigenvalue weighted by atomic mass is 16.7. The van der Waals surface area contributed by atoms with Crippen molar-refractivity contribution in [2.75, 3.05) is 31.1 Å². The smallest absolute Gasteiger partial charge is 0.330 e. The van der Waals surface area contributed by atoms with Crippen molar-refractivity contribution >= 4 is 23.5 Å². The molecule has 2 aliphatic heterocycles. The summed E-state index contributed by atoms with van der Waals surface area (Å²) in [6, 6.07) is 3.48. The number of carbonyl (C=O) groups excluding carboxylic acids is 3. The standard InChI is InChI=1S/C28H44N4O5/c1-9-19-15-23-22(31(14-12-29)25(34)28(7,8)36-23)16-21(19)24(33)32(18(2)3)20-11-10-13-30(17-20)37-26(35)27(4,5)6/h15-16,18,20H,9-14,17,29H2,1-8H3. The van der Waals surface area contributed by atoms with Gasteiger partial charge in [-0.1, -0.05) is 6.92 Å². The van der Waals surface area contributed by atoms with Crippen LogP contribution in [-0.2, 0) is 20.8 Å². The van der Waals surface area contributed by atoms with E-state index in [-0.39, 0.29) is 29.9 Å². The van der Waals surface area contributed by atoms with Crippen molar-refractivity contribution in [3.05, 3.63) is 23.3 Å². The van der Waals surface area contributed by atoms with Crippen molar-refractivity contribution in [2.24, 2.45) is 11.1 Å². The fraction of sp³-hybridized carbons (Fsp3) is 0.679. The predicted molar refractivity (Wildman–Crippen MR) is 143 cm³/mol. The first-order valence-corrected chi connectivity index (χ1v) is 13.4. The summed E-state index contributed by atoms with van der Waals surface area (Å²) >= 11 is 0. The van der Waals surface area contributed by atoms with Crippen LogP contribution in [0.25, 0.3) is 0 Å². The van der Waals surface area contributed by atoms with Crippen LogP contribution < -0.4 is 15.4 Å². The van der Waals surface area contributed by atoms with Gasteiger partial charge in [-0.3, -0.25) is 9.59 Å². The number of nitrogens with two attached hydrogens (primary N) is 1. The molecule has 2 aliphatic rings. The van der Waals surface area contributed by atoms with Crippen LogP contribution in [0.2, 0.25) is 0 Å². The molecule has 3 rings (SSSR count). The van der Waals surface area contributed by atoms with Crippen molar-refractivity contribution < 1.29 is 24.0 Å². The molecule has 1 saturated heterocycles. The maximum atomic E-state index is 14.1. The summed E-state index contributed by atoms with van der Waals surface area (Å²) in [6.07, 6.45) is 2.26. The van der Waals surface area contributed by atoms with Gasteiger partial charge in [0, 0.05) is 37.3 Å². The number of ether oxygens (including phenoxy) is 1. The van der Waals surface area contributed by atoms with Gasteiger partial charge in [-0.2, -0.15) is 0 Å². The van der Waals surface area contributed by atoms with Crippen LogP contribution in [0.1, 0.15) is 84.2 Å². The number of hydroxylamine groups is 2. The van der Waals surface area contributed by atoms with Crippen molar-refractivity contribution in [1.29, 1.82) is 0 Å². The molecule has 1 atom stereocenters. The SMILES string of the molecule is CCc1cc2c(cc1C(=O)N(C(C)C)C1CCCN(OC(=O)C(C)(C)C)C1)N(CCN)C(=O)C(C)(C)O2. The first-order valence-electron chi connectivity index (χ1n) is 13.4. The topological polar surface area (TPSA) is 105 Å². The number of fused-ring (bicyclic) bond motifs is 1. The van der Waals surface area contributed by atoms with Gasteiger partial charge in [0.2, 0.25) is 0 Å². The van der Waals surface area contributed by atoms with E-state index in [2.05, 4.69) is 0 Å². The van der Waals surface area contributed by atoms with Gasteiger partial charge in [0.15, 0.2) is 5.60 Å². The lowest BCUT2D eigenvalue weighted by molar-refractivity contribution is -0.208. The molecule has 2 heterocycles. The molecule has 1 unspecified atom stereocenters. The molecular formula is C28H44N4O5. The highest BCUT2D eigenvalue weighted by Crippen LogP contribution is 2.40. The first kappa shape index (κ1) is 28.9. The third-order valence-electron chi connectivity index (χ3n) is 6.93. The van der Waals surface area contributed by atoms with E-state index >= 15 is 0 Å². The highest BCUT2D eigenvalue weighted by Gasteiger charge is 2.42. The van der Waals surface area contributed by atoms with E-state index in [0.29, 0.717) is 49.6 Å². The Morgan fingerprint density at radius 2 is 1.95 bits per heavy atom. The average Bonchev–Trinajstić information content (AvgIpc) is 2.80. The number of amides is 2. The van der Waals surface area contributed by atoms with E-state index in [9.17, 15) is 14.4 Å².